The van der Waals surface area contributed by atoms with Crippen LogP contribution in [0.2, 0.25) is 0 Å². The summed E-state index contributed by atoms with van der Waals surface area (Å²) in [5.74, 6) is 1.35. The Morgan fingerprint density at radius 3 is 2.14 bits per heavy atom. The van der Waals surface area contributed by atoms with Crippen LogP contribution in [0, 0.1) is 56.2 Å². The predicted octanol–water partition coefficient (Wildman–Crippen LogP) is 6.79. The average Bonchev–Trinajstić information content (AvgIpc) is 2.77. The van der Waals surface area contributed by atoms with Crippen molar-refractivity contribution in [2.75, 3.05) is 7.11 Å². The number of fused-ring (bicyclic) bond motifs is 7. The standard InChI is InChI=1S/C31H48O4/c1-26(2)13-15-31(25(34)35-8)16-14-30(7)24(19(31)18-26)20(32)17-22-28(5)11-10-23(33)27(3,4)21(28)9-12-29(22,30)6/h19,21-22,24H,9-18H2,1-8H3/t19-,21-,22+,24-,28-,29+,30+,31-/m0/s1. The van der Waals surface area contributed by atoms with E-state index >= 15 is 0 Å². The van der Waals surface area contributed by atoms with Crippen LogP contribution in [0.3, 0.4) is 0 Å². The van der Waals surface area contributed by atoms with Crippen molar-refractivity contribution in [2.24, 2.45) is 56.2 Å². The molecule has 0 spiro atoms. The Labute approximate surface area is 212 Å². The van der Waals surface area contributed by atoms with Crippen LogP contribution in [-0.2, 0) is 19.1 Å². The van der Waals surface area contributed by atoms with Gasteiger partial charge in [-0.15, -0.1) is 0 Å². The number of carbonyl (C=O) groups is 3. The Kier molecular flexibility index (Phi) is 5.41. The summed E-state index contributed by atoms with van der Waals surface area (Å²) >= 11 is 0. The molecule has 0 aliphatic heterocycles. The molecule has 5 fully saturated rings. The number of carbonyl (C=O) groups excluding carboxylic acids is 3. The Morgan fingerprint density at radius 2 is 1.49 bits per heavy atom. The monoisotopic (exact) mass is 484 g/mol. The molecule has 5 saturated carbocycles. The number of ketones is 2. The molecule has 0 bridgehead atoms. The van der Waals surface area contributed by atoms with Gasteiger partial charge in [-0.2, -0.15) is 0 Å². The van der Waals surface area contributed by atoms with Crippen LogP contribution in [0.1, 0.15) is 113 Å². The number of hydrogen-bond acceptors (Lipinski definition) is 4. The predicted molar refractivity (Wildman–Crippen MR) is 136 cm³/mol. The molecule has 0 aromatic carbocycles. The third-order valence-electron chi connectivity index (χ3n) is 13.4. The molecular weight excluding hydrogens is 436 g/mol. The second-order valence-corrected chi connectivity index (χ2v) is 15.4. The highest BCUT2D eigenvalue weighted by Gasteiger charge is 2.73. The third kappa shape index (κ3) is 3.06. The van der Waals surface area contributed by atoms with Crippen molar-refractivity contribution in [3.05, 3.63) is 0 Å². The first kappa shape index (κ1) is 25.5. The van der Waals surface area contributed by atoms with Gasteiger partial charge in [0.15, 0.2) is 0 Å². The van der Waals surface area contributed by atoms with Gasteiger partial charge in [0.2, 0.25) is 0 Å². The van der Waals surface area contributed by atoms with Crippen LogP contribution in [0.5, 0.6) is 0 Å². The highest BCUT2D eigenvalue weighted by Crippen LogP contribution is 2.76. The number of esters is 1. The second kappa shape index (κ2) is 7.44. The molecule has 0 heterocycles. The lowest BCUT2D eigenvalue weighted by Gasteiger charge is -2.72. The van der Waals surface area contributed by atoms with Crippen molar-refractivity contribution >= 4 is 17.5 Å². The summed E-state index contributed by atoms with van der Waals surface area (Å²) < 4.78 is 5.44. The molecular formula is C31H48O4. The topological polar surface area (TPSA) is 60.4 Å². The summed E-state index contributed by atoms with van der Waals surface area (Å²) in [5.41, 5.74) is -0.755. The maximum Gasteiger partial charge on any atom is 0.312 e. The first-order chi connectivity index (χ1) is 16.1. The van der Waals surface area contributed by atoms with Gasteiger partial charge in [0, 0.05) is 24.2 Å². The molecule has 5 aliphatic carbocycles. The molecule has 0 saturated heterocycles. The molecule has 0 radical (unpaired) electrons. The Hall–Kier alpha value is -1.19. The van der Waals surface area contributed by atoms with Crippen molar-refractivity contribution in [1.29, 1.82) is 0 Å². The van der Waals surface area contributed by atoms with E-state index in [0.29, 0.717) is 36.2 Å². The van der Waals surface area contributed by atoms with Crippen molar-refractivity contribution < 1.29 is 19.1 Å². The van der Waals surface area contributed by atoms with Crippen LogP contribution in [0.25, 0.3) is 0 Å². The number of ether oxygens (including phenoxy) is 1. The molecule has 8 atom stereocenters. The van der Waals surface area contributed by atoms with Gasteiger partial charge in [-0.3, -0.25) is 14.4 Å². The molecule has 0 unspecified atom stereocenters. The molecule has 0 aromatic heterocycles. The summed E-state index contributed by atoms with van der Waals surface area (Å²) in [6, 6.07) is 0. The van der Waals surface area contributed by atoms with E-state index in [1.807, 2.05) is 0 Å². The summed E-state index contributed by atoms with van der Waals surface area (Å²) in [4.78, 5) is 40.7. The summed E-state index contributed by atoms with van der Waals surface area (Å²) in [6.45, 7) is 16.2. The van der Waals surface area contributed by atoms with E-state index in [4.69, 9.17) is 4.74 Å². The lowest BCUT2D eigenvalue weighted by Crippen LogP contribution is -2.69. The van der Waals surface area contributed by atoms with Crippen molar-refractivity contribution in [1.82, 2.24) is 0 Å². The van der Waals surface area contributed by atoms with Gasteiger partial charge in [-0.1, -0.05) is 48.5 Å². The van der Waals surface area contributed by atoms with Gasteiger partial charge in [0.25, 0.3) is 0 Å². The molecule has 4 nitrogen and oxygen atoms in total. The minimum absolute atomic E-state index is 0.0107. The Bertz CT molecular complexity index is 963. The van der Waals surface area contributed by atoms with E-state index in [9.17, 15) is 14.4 Å². The highest BCUT2D eigenvalue weighted by molar-refractivity contribution is 5.88. The summed E-state index contributed by atoms with van der Waals surface area (Å²) in [6.07, 6.45) is 8.86. The van der Waals surface area contributed by atoms with E-state index in [2.05, 4.69) is 48.5 Å². The number of hydrogen-bond donors (Lipinski definition) is 0. The van der Waals surface area contributed by atoms with Crippen molar-refractivity contribution in [2.45, 2.75) is 113 Å². The number of methoxy groups -OCH3 is 1. The zero-order valence-electron chi connectivity index (χ0n) is 23.5. The van der Waals surface area contributed by atoms with E-state index in [1.54, 1.807) is 0 Å². The average molecular weight is 485 g/mol. The highest BCUT2D eigenvalue weighted by atomic mass is 16.5. The van der Waals surface area contributed by atoms with Crippen LogP contribution in [-0.4, -0.2) is 24.6 Å². The molecule has 5 rings (SSSR count). The second-order valence-electron chi connectivity index (χ2n) is 15.4. The normalized spacial score (nSPS) is 50.3. The largest absolute Gasteiger partial charge is 0.469 e. The van der Waals surface area contributed by atoms with E-state index in [0.717, 1.165) is 51.4 Å². The summed E-state index contributed by atoms with van der Waals surface area (Å²) in [5, 5.41) is 0. The smallest absolute Gasteiger partial charge is 0.312 e. The maximum absolute atomic E-state index is 14.4. The van der Waals surface area contributed by atoms with Gasteiger partial charge in [0.1, 0.15) is 11.6 Å². The van der Waals surface area contributed by atoms with Crippen LogP contribution in [0.4, 0.5) is 0 Å². The van der Waals surface area contributed by atoms with Crippen molar-refractivity contribution in [3.63, 3.8) is 0 Å². The number of rotatable bonds is 1. The van der Waals surface area contributed by atoms with E-state index in [1.165, 1.54) is 7.11 Å². The quantitative estimate of drug-likeness (QED) is 0.385. The maximum atomic E-state index is 14.4. The Morgan fingerprint density at radius 1 is 0.829 bits per heavy atom. The lowest BCUT2D eigenvalue weighted by atomic mass is 9.31. The molecule has 196 valence electrons. The molecule has 35 heavy (non-hydrogen) atoms. The fraction of sp³-hybridized carbons (Fsp3) is 0.903. The minimum atomic E-state index is -0.506. The zero-order chi connectivity index (χ0) is 25.8. The van der Waals surface area contributed by atoms with Crippen LogP contribution in [0.15, 0.2) is 0 Å². The van der Waals surface area contributed by atoms with E-state index in [-0.39, 0.29) is 44.9 Å². The minimum Gasteiger partial charge on any atom is -0.469 e. The van der Waals surface area contributed by atoms with Crippen LogP contribution < -0.4 is 0 Å². The first-order valence-electron chi connectivity index (χ1n) is 14.2. The summed E-state index contributed by atoms with van der Waals surface area (Å²) in [7, 11) is 1.52. The van der Waals surface area contributed by atoms with Gasteiger partial charge >= 0.3 is 5.97 Å². The zero-order valence-corrected chi connectivity index (χ0v) is 23.5. The van der Waals surface area contributed by atoms with Gasteiger partial charge < -0.3 is 4.74 Å². The molecule has 0 amide bonds. The molecule has 4 heteroatoms. The van der Waals surface area contributed by atoms with Crippen LogP contribution >= 0.6 is 0 Å². The fourth-order valence-corrected chi connectivity index (χ4v) is 11.1. The van der Waals surface area contributed by atoms with Gasteiger partial charge in [-0.05, 0) is 90.8 Å². The lowest BCUT2D eigenvalue weighted by molar-refractivity contribution is -0.236. The Balaban J connectivity index is 1.60. The molecule has 5 aliphatic rings. The van der Waals surface area contributed by atoms with E-state index < -0.39 is 5.41 Å². The molecule has 0 aromatic rings. The third-order valence-corrected chi connectivity index (χ3v) is 13.4. The fourth-order valence-electron chi connectivity index (χ4n) is 11.1. The van der Waals surface area contributed by atoms with Crippen molar-refractivity contribution in [3.8, 4) is 0 Å². The van der Waals surface area contributed by atoms with Gasteiger partial charge in [-0.25, -0.2) is 0 Å². The SMILES string of the molecule is COC(=O)[C@]12CCC(C)(C)C[C@H]1[C@H]1C(=O)C[C@@H]3[C@@]4(C)CCC(=O)C(C)(C)[C@@H]4CC[C@@]3(C)[C@]1(C)CC2. The first-order valence-corrected chi connectivity index (χ1v) is 14.2. The number of Topliss-reactive ketones (excluding diaryl/α,β-unsaturated/α-hetero) is 2. The molecule has 0 N–H and O–H groups in total. The van der Waals surface area contributed by atoms with Gasteiger partial charge in [0.05, 0.1) is 12.5 Å².